The summed E-state index contributed by atoms with van der Waals surface area (Å²) in [6.07, 6.45) is 2.88. The lowest BCUT2D eigenvalue weighted by Crippen LogP contribution is -2.43. The van der Waals surface area contributed by atoms with Gasteiger partial charge in [-0.15, -0.1) is 0 Å². The number of nitrogens with zero attached hydrogens (tertiary/aromatic N) is 3. The van der Waals surface area contributed by atoms with Crippen molar-refractivity contribution in [1.82, 2.24) is 14.3 Å². The number of hydrogen-bond acceptors (Lipinski definition) is 6. The summed E-state index contributed by atoms with van der Waals surface area (Å²) < 4.78 is 76.6. The molecular formula is C22H20F3N5O4S. The van der Waals surface area contributed by atoms with Gasteiger partial charge in [0.25, 0.3) is 5.91 Å². The van der Waals surface area contributed by atoms with Crippen LogP contribution >= 0.6 is 0 Å². The van der Waals surface area contributed by atoms with Gasteiger partial charge in [-0.1, -0.05) is 6.07 Å². The Hall–Kier alpha value is -3.58. The molecule has 4 heterocycles. The van der Waals surface area contributed by atoms with Crippen molar-refractivity contribution < 1.29 is 31.1 Å². The molecule has 0 spiro atoms. The molecule has 0 unspecified atom stereocenters. The van der Waals surface area contributed by atoms with Gasteiger partial charge in [-0.2, -0.15) is 0 Å². The molecule has 1 saturated heterocycles. The summed E-state index contributed by atoms with van der Waals surface area (Å²) in [7, 11) is -2.64. The minimum absolute atomic E-state index is 0.105. The molecule has 2 N–H and O–H groups in total. The number of aryl methyl sites for hydroxylation is 1. The number of benzene rings is 1. The molecular weight excluding hydrogens is 487 g/mol. The minimum Gasteiger partial charge on any atom is -0.489 e. The molecule has 13 heteroatoms. The van der Waals surface area contributed by atoms with E-state index in [0.717, 1.165) is 0 Å². The summed E-state index contributed by atoms with van der Waals surface area (Å²) in [5.74, 6) is -5.22. The largest absolute Gasteiger partial charge is 0.489 e. The Morgan fingerprint density at radius 2 is 1.94 bits per heavy atom. The van der Waals surface area contributed by atoms with Crippen molar-refractivity contribution in [3.05, 3.63) is 65.9 Å². The zero-order valence-electron chi connectivity index (χ0n) is 18.3. The molecule has 1 amide bonds. The quantitative estimate of drug-likeness (QED) is 0.527. The number of carbonyl (C=O) groups is 1. The normalized spacial score (nSPS) is 20.9. The van der Waals surface area contributed by atoms with Crippen LogP contribution < -0.4 is 19.7 Å². The maximum Gasteiger partial charge on any atom is 0.276 e. The number of anilines is 2. The van der Waals surface area contributed by atoms with Gasteiger partial charge >= 0.3 is 0 Å². The molecule has 184 valence electrons. The number of sulfonamides is 1. The molecule has 1 aromatic carbocycles. The van der Waals surface area contributed by atoms with Crippen LogP contribution in [0.5, 0.6) is 5.75 Å². The Bertz CT molecular complexity index is 1390. The van der Waals surface area contributed by atoms with E-state index in [4.69, 9.17) is 4.74 Å². The zero-order chi connectivity index (χ0) is 24.9. The second-order valence-electron chi connectivity index (χ2n) is 8.38. The van der Waals surface area contributed by atoms with Gasteiger partial charge < -0.3 is 19.5 Å². The summed E-state index contributed by atoms with van der Waals surface area (Å²) >= 11 is 0. The highest BCUT2D eigenvalue weighted by Crippen LogP contribution is 2.35. The molecule has 9 nitrogen and oxygen atoms in total. The predicted molar refractivity (Wildman–Crippen MR) is 119 cm³/mol. The second-order valence-corrected chi connectivity index (χ2v) is 10.1. The van der Waals surface area contributed by atoms with Crippen molar-refractivity contribution in [3.63, 3.8) is 0 Å². The van der Waals surface area contributed by atoms with Crippen molar-refractivity contribution in [2.45, 2.75) is 10.9 Å². The van der Waals surface area contributed by atoms with Gasteiger partial charge in [-0.3, -0.25) is 4.79 Å². The van der Waals surface area contributed by atoms with Gasteiger partial charge in [-0.05, 0) is 12.1 Å². The Morgan fingerprint density at radius 1 is 1.20 bits per heavy atom. The lowest BCUT2D eigenvalue weighted by molar-refractivity contribution is 0.101. The van der Waals surface area contributed by atoms with Crippen molar-refractivity contribution >= 4 is 27.4 Å². The SMILES string of the molecule is Cn1cc2c(c1C(=O)Nc1cc(F)c(F)c(F)c1)OC[C@H]1CN(c3ccccn3)C[C@H]1NS2(=O)=O. The molecule has 3 aromatic rings. The number of fused-ring (bicyclic) bond motifs is 2. The molecule has 5 rings (SSSR count). The first-order chi connectivity index (χ1) is 16.6. The number of halogens is 3. The Labute approximate surface area is 198 Å². The van der Waals surface area contributed by atoms with Gasteiger partial charge in [0.1, 0.15) is 10.7 Å². The fourth-order valence-corrected chi connectivity index (χ4v) is 5.83. The van der Waals surface area contributed by atoms with Crippen LogP contribution in [0, 0.1) is 23.4 Å². The van der Waals surface area contributed by atoms with Gasteiger partial charge in [0.15, 0.2) is 28.9 Å². The van der Waals surface area contributed by atoms with Gasteiger partial charge in [0.2, 0.25) is 10.0 Å². The number of rotatable bonds is 3. The van der Waals surface area contributed by atoms with E-state index >= 15 is 0 Å². The van der Waals surface area contributed by atoms with Crippen LogP contribution in [-0.2, 0) is 17.1 Å². The molecule has 0 saturated carbocycles. The summed E-state index contributed by atoms with van der Waals surface area (Å²) in [4.78, 5) is 19.0. The van der Waals surface area contributed by atoms with E-state index in [1.54, 1.807) is 12.3 Å². The van der Waals surface area contributed by atoms with Crippen LogP contribution in [-0.4, -0.2) is 49.6 Å². The molecule has 0 bridgehead atoms. The maximum absolute atomic E-state index is 13.6. The third kappa shape index (κ3) is 4.21. The van der Waals surface area contributed by atoms with Crippen LogP contribution in [0.2, 0.25) is 0 Å². The minimum atomic E-state index is -4.08. The number of hydrogen-bond donors (Lipinski definition) is 2. The molecule has 2 aliphatic rings. The average Bonchev–Trinajstić information content (AvgIpc) is 3.36. The van der Waals surface area contributed by atoms with E-state index in [0.29, 0.717) is 31.0 Å². The predicted octanol–water partition coefficient (Wildman–Crippen LogP) is 2.27. The van der Waals surface area contributed by atoms with Gasteiger partial charge in [0, 0.05) is 62.3 Å². The van der Waals surface area contributed by atoms with E-state index in [9.17, 15) is 26.4 Å². The van der Waals surface area contributed by atoms with E-state index in [1.165, 1.54) is 17.8 Å². The summed E-state index contributed by atoms with van der Waals surface area (Å²) in [6, 6.07) is 6.25. The number of amides is 1. The molecule has 0 radical (unpaired) electrons. The lowest BCUT2D eigenvalue weighted by Gasteiger charge is -2.23. The van der Waals surface area contributed by atoms with Crippen LogP contribution in [0.1, 0.15) is 10.5 Å². The first-order valence-corrected chi connectivity index (χ1v) is 12.1. The first-order valence-electron chi connectivity index (χ1n) is 10.6. The van der Waals surface area contributed by atoms with E-state index < -0.39 is 39.4 Å². The molecule has 2 atom stereocenters. The smallest absolute Gasteiger partial charge is 0.276 e. The lowest BCUT2D eigenvalue weighted by atomic mass is 10.1. The summed E-state index contributed by atoms with van der Waals surface area (Å²) in [5.41, 5.74) is -0.511. The number of nitrogens with one attached hydrogen (secondary N) is 2. The highest BCUT2D eigenvalue weighted by molar-refractivity contribution is 7.89. The number of carbonyl (C=O) groups excluding carboxylic acids is 1. The topological polar surface area (TPSA) is 106 Å². The van der Waals surface area contributed by atoms with Crippen LogP contribution in [0.3, 0.4) is 0 Å². The van der Waals surface area contributed by atoms with Gasteiger partial charge in [-0.25, -0.2) is 31.3 Å². The fourth-order valence-electron chi connectivity index (χ4n) is 4.34. The van der Waals surface area contributed by atoms with Crippen LogP contribution in [0.25, 0.3) is 0 Å². The zero-order valence-corrected chi connectivity index (χ0v) is 19.2. The summed E-state index contributed by atoms with van der Waals surface area (Å²) in [5, 5.41) is 2.26. The molecule has 2 aliphatic heterocycles. The molecule has 0 aliphatic carbocycles. The van der Waals surface area contributed by atoms with Crippen molar-refractivity contribution in [1.29, 1.82) is 0 Å². The average molecular weight is 507 g/mol. The van der Waals surface area contributed by atoms with E-state index in [1.807, 2.05) is 17.0 Å². The Kier molecular flexibility index (Phi) is 5.68. The number of ether oxygens (including phenoxy) is 1. The van der Waals surface area contributed by atoms with E-state index in [-0.39, 0.29) is 34.6 Å². The highest BCUT2D eigenvalue weighted by atomic mass is 32.2. The molecule has 35 heavy (non-hydrogen) atoms. The third-order valence-corrected chi connectivity index (χ3v) is 7.49. The third-order valence-electron chi connectivity index (χ3n) is 6.01. The standard InChI is InChI=1S/C22H20F3N5O4S/c1-29-10-17-21(20(29)22(31)27-13-6-14(23)19(25)15(24)7-13)34-11-12-8-30(18-4-2-3-5-26-18)9-16(12)28-35(17,32)33/h2-7,10,12,16,28H,8-9,11H2,1H3,(H,27,31)/t12-,16-/m1/s1. The summed E-state index contributed by atoms with van der Waals surface area (Å²) in [6.45, 7) is 0.969. The van der Waals surface area contributed by atoms with Gasteiger partial charge in [0.05, 0.1) is 6.61 Å². The number of aromatic nitrogens is 2. The molecule has 1 fully saturated rings. The first kappa shape index (κ1) is 23.2. The van der Waals surface area contributed by atoms with Crippen molar-refractivity contribution in [3.8, 4) is 5.75 Å². The second kappa shape index (κ2) is 8.57. The van der Waals surface area contributed by atoms with Crippen molar-refractivity contribution in [2.75, 3.05) is 29.9 Å². The van der Waals surface area contributed by atoms with Crippen LogP contribution in [0.4, 0.5) is 24.7 Å². The number of pyridine rings is 1. The Morgan fingerprint density at radius 3 is 2.63 bits per heavy atom. The van der Waals surface area contributed by atoms with E-state index in [2.05, 4.69) is 15.0 Å². The molecule has 2 aromatic heterocycles. The monoisotopic (exact) mass is 507 g/mol. The Balaban J connectivity index is 1.44. The van der Waals surface area contributed by atoms with Crippen LogP contribution in [0.15, 0.2) is 47.6 Å². The highest BCUT2D eigenvalue weighted by Gasteiger charge is 2.41. The van der Waals surface area contributed by atoms with Crippen molar-refractivity contribution in [2.24, 2.45) is 13.0 Å². The fraction of sp³-hybridized carbons (Fsp3) is 0.273. The maximum atomic E-state index is 13.6.